The first-order chi connectivity index (χ1) is 16.9. The van der Waals surface area contributed by atoms with Crippen molar-refractivity contribution in [2.24, 2.45) is 5.92 Å². The average molecular weight is 490 g/mol. The number of aromatic hydroxyl groups is 1. The summed E-state index contributed by atoms with van der Waals surface area (Å²) in [4.78, 5) is 27.5. The van der Waals surface area contributed by atoms with Crippen LogP contribution in [0.25, 0.3) is 22.1 Å². The highest BCUT2D eigenvalue weighted by molar-refractivity contribution is 7.92. The van der Waals surface area contributed by atoms with Crippen LogP contribution in [0.15, 0.2) is 75.4 Å². The summed E-state index contributed by atoms with van der Waals surface area (Å²) in [6.45, 7) is 0. The molecule has 1 saturated carbocycles. The zero-order chi connectivity index (χ0) is 24.2. The van der Waals surface area contributed by atoms with Crippen LogP contribution >= 0.6 is 0 Å². The molecule has 0 bridgehead atoms. The highest BCUT2D eigenvalue weighted by atomic mass is 32.2. The van der Waals surface area contributed by atoms with E-state index in [1.807, 2.05) is 6.07 Å². The van der Waals surface area contributed by atoms with Gasteiger partial charge in [0.05, 0.1) is 17.3 Å². The molecule has 0 saturated heterocycles. The minimum atomic E-state index is -4.07. The van der Waals surface area contributed by atoms with E-state index in [9.17, 15) is 18.3 Å². The summed E-state index contributed by atoms with van der Waals surface area (Å²) in [5, 5.41) is 11.3. The number of aromatic nitrogens is 4. The Kier molecular flexibility index (Phi) is 4.81. The molecule has 11 heteroatoms. The van der Waals surface area contributed by atoms with Crippen molar-refractivity contribution in [2.75, 3.05) is 4.72 Å². The minimum absolute atomic E-state index is 0.109. The summed E-state index contributed by atoms with van der Waals surface area (Å²) >= 11 is 0. The van der Waals surface area contributed by atoms with Crippen molar-refractivity contribution in [1.82, 2.24) is 19.9 Å². The number of anilines is 1. The van der Waals surface area contributed by atoms with Crippen molar-refractivity contribution in [2.45, 2.75) is 23.8 Å². The van der Waals surface area contributed by atoms with Crippen LogP contribution in [0.5, 0.6) is 5.75 Å². The highest BCUT2D eigenvalue weighted by Crippen LogP contribution is 2.48. The quantitative estimate of drug-likeness (QED) is 0.242. The Balaban J connectivity index is 1.42. The third-order valence-electron chi connectivity index (χ3n) is 6.16. The highest BCUT2D eigenvalue weighted by Gasteiger charge is 2.38. The monoisotopic (exact) mass is 489 g/mol. The Morgan fingerprint density at radius 2 is 1.91 bits per heavy atom. The molecule has 10 nitrogen and oxygen atoms in total. The van der Waals surface area contributed by atoms with Gasteiger partial charge < -0.3 is 14.5 Å². The molecule has 5 aromatic rings. The molecule has 6 rings (SSSR count). The minimum Gasteiger partial charge on any atom is -0.507 e. The van der Waals surface area contributed by atoms with Gasteiger partial charge in [-0.3, -0.25) is 4.72 Å². The number of aromatic amines is 1. The Labute approximate surface area is 198 Å². The van der Waals surface area contributed by atoms with E-state index in [4.69, 9.17) is 4.42 Å². The van der Waals surface area contributed by atoms with E-state index in [0.717, 1.165) is 19.2 Å². The van der Waals surface area contributed by atoms with Gasteiger partial charge in [-0.05, 0) is 48.6 Å². The topological polar surface area (TPSA) is 151 Å². The van der Waals surface area contributed by atoms with E-state index in [1.165, 1.54) is 6.33 Å². The van der Waals surface area contributed by atoms with Gasteiger partial charge in [0.15, 0.2) is 5.65 Å². The summed E-state index contributed by atoms with van der Waals surface area (Å²) < 4.78 is 34.3. The molecule has 0 spiro atoms. The molecule has 1 unspecified atom stereocenters. The molecular formula is C24H19N5O5S. The maximum atomic E-state index is 13.1. The van der Waals surface area contributed by atoms with Crippen LogP contribution < -0.4 is 10.3 Å². The Morgan fingerprint density at radius 3 is 2.74 bits per heavy atom. The number of para-hydroxylation sites is 1. The van der Waals surface area contributed by atoms with Crippen molar-refractivity contribution in [3.8, 4) is 5.75 Å². The molecule has 176 valence electrons. The van der Waals surface area contributed by atoms with Crippen LogP contribution in [0.3, 0.4) is 0 Å². The maximum absolute atomic E-state index is 13.1. The number of sulfonamides is 1. The number of H-pyrrole nitrogens is 1. The van der Waals surface area contributed by atoms with Gasteiger partial charge in [0.1, 0.15) is 23.2 Å². The van der Waals surface area contributed by atoms with Gasteiger partial charge in [-0.2, -0.15) is 8.42 Å². The van der Waals surface area contributed by atoms with Crippen LogP contribution in [0.1, 0.15) is 29.9 Å². The third kappa shape index (κ3) is 3.69. The first kappa shape index (κ1) is 21.3. The number of rotatable bonds is 6. The second kappa shape index (κ2) is 7.91. The summed E-state index contributed by atoms with van der Waals surface area (Å²) in [5.74, 6) is -0.427. The zero-order valence-electron chi connectivity index (χ0n) is 18.2. The third-order valence-corrected chi connectivity index (χ3v) is 7.49. The van der Waals surface area contributed by atoms with Gasteiger partial charge in [-0.1, -0.05) is 24.3 Å². The van der Waals surface area contributed by atoms with Crippen molar-refractivity contribution < 1.29 is 17.9 Å². The molecule has 0 amide bonds. The lowest BCUT2D eigenvalue weighted by Gasteiger charge is -2.19. The van der Waals surface area contributed by atoms with Gasteiger partial charge in [-0.15, -0.1) is 0 Å². The van der Waals surface area contributed by atoms with E-state index in [0.29, 0.717) is 22.2 Å². The Bertz CT molecular complexity index is 1760. The Morgan fingerprint density at radius 1 is 1.09 bits per heavy atom. The van der Waals surface area contributed by atoms with Crippen molar-refractivity contribution in [3.63, 3.8) is 0 Å². The van der Waals surface area contributed by atoms with Gasteiger partial charge in [-0.25, -0.2) is 19.7 Å². The number of hydrogen-bond acceptors (Lipinski definition) is 8. The molecule has 1 atom stereocenters. The average Bonchev–Trinajstić information content (AvgIpc) is 3.56. The van der Waals surface area contributed by atoms with Gasteiger partial charge in [0.25, 0.3) is 10.0 Å². The number of imidazole rings is 1. The van der Waals surface area contributed by atoms with Crippen LogP contribution in [0.4, 0.5) is 5.69 Å². The van der Waals surface area contributed by atoms with Gasteiger partial charge in [0, 0.05) is 11.6 Å². The van der Waals surface area contributed by atoms with E-state index < -0.39 is 21.6 Å². The molecule has 3 aromatic heterocycles. The molecule has 0 radical (unpaired) electrons. The summed E-state index contributed by atoms with van der Waals surface area (Å²) in [6.07, 6.45) is 4.25. The predicted molar refractivity (Wildman–Crippen MR) is 128 cm³/mol. The molecule has 2 aromatic carbocycles. The molecular weight excluding hydrogens is 470 g/mol. The number of hydrogen-bond donors (Lipinski definition) is 3. The maximum Gasteiger partial charge on any atom is 0.343 e. The summed E-state index contributed by atoms with van der Waals surface area (Å²) in [7, 11) is -4.07. The summed E-state index contributed by atoms with van der Waals surface area (Å²) in [6, 6.07) is 13.6. The fourth-order valence-electron chi connectivity index (χ4n) is 4.47. The van der Waals surface area contributed by atoms with E-state index in [-0.39, 0.29) is 33.4 Å². The number of nitrogens with zero attached hydrogens (tertiary/aromatic N) is 3. The first-order valence-corrected chi connectivity index (χ1v) is 12.4. The number of nitrogens with one attached hydrogen (secondary N) is 2. The lowest BCUT2D eigenvalue weighted by Crippen LogP contribution is -2.17. The van der Waals surface area contributed by atoms with E-state index in [2.05, 4.69) is 24.7 Å². The van der Waals surface area contributed by atoms with Crippen LogP contribution in [0, 0.1) is 5.92 Å². The smallest absolute Gasteiger partial charge is 0.343 e. The molecule has 3 N–H and O–H groups in total. The van der Waals surface area contributed by atoms with Crippen LogP contribution in [0.2, 0.25) is 0 Å². The van der Waals surface area contributed by atoms with Gasteiger partial charge in [0.2, 0.25) is 5.03 Å². The number of benzene rings is 2. The lowest BCUT2D eigenvalue weighted by atomic mass is 9.86. The fraction of sp³-hybridized carbons (Fsp3) is 0.167. The second-order valence-electron chi connectivity index (χ2n) is 8.47. The zero-order valence-corrected chi connectivity index (χ0v) is 19.0. The molecule has 35 heavy (non-hydrogen) atoms. The SMILES string of the molecule is O=c1oc2ccccc2c(O)c1C(c1cccc(NS(=O)(=O)c2ncnc3nc[nH]c23)c1)C1CC1. The first-order valence-electron chi connectivity index (χ1n) is 10.9. The molecule has 3 heterocycles. The molecule has 1 aliphatic carbocycles. The normalized spacial score (nSPS) is 14.9. The van der Waals surface area contributed by atoms with Crippen molar-refractivity contribution in [3.05, 3.63) is 82.7 Å². The van der Waals surface area contributed by atoms with Crippen LogP contribution in [-0.2, 0) is 10.0 Å². The van der Waals surface area contributed by atoms with Crippen LogP contribution in [-0.4, -0.2) is 33.5 Å². The molecule has 1 aliphatic rings. The van der Waals surface area contributed by atoms with E-state index >= 15 is 0 Å². The van der Waals surface area contributed by atoms with Crippen molar-refractivity contribution in [1.29, 1.82) is 0 Å². The summed E-state index contributed by atoms with van der Waals surface area (Å²) in [5.41, 5.74) is 1.31. The molecule has 0 aliphatic heterocycles. The second-order valence-corrected chi connectivity index (χ2v) is 10.1. The standard InChI is InChI=1S/C24H19N5O5S/c30-21-16-6-1-2-7-17(16)34-24(31)19(21)18(13-8-9-13)14-4-3-5-15(10-14)29-35(32,33)23-20-22(26-11-25-20)27-12-28-23/h1-7,10-13,18,29-30H,8-9H2,(H,25,26,27,28). The van der Waals surface area contributed by atoms with Gasteiger partial charge >= 0.3 is 5.63 Å². The van der Waals surface area contributed by atoms with E-state index in [1.54, 1.807) is 42.5 Å². The van der Waals surface area contributed by atoms with Crippen molar-refractivity contribution >= 4 is 37.8 Å². The Hall–Kier alpha value is -4.25. The lowest BCUT2D eigenvalue weighted by molar-refractivity contribution is 0.446. The fourth-order valence-corrected chi connectivity index (χ4v) is 5.61. The largest absolute Gasteiger partial charge is 0.507 e. The number of fused-ring (bicyclic) bond motifs is 2. The molecule has 1 fully saturated rings. The predicted octanol–water partition coefficient (Wildman–Crippen LogP) is 3.51.